The molecule has 134 valence electrons. The average Bonchev–Trinajstić information content (AvgIpc) is 2.93. The lowest BCUT2D eigenvalue weighted by Crippen LogP contribution is -2.18. The molecule has 5 heteroatoms. The Hall–Kier alpha value is -3.08. The first kappa shape index (κ1) is 17.7. The minimum Gasteiger partial charge on any atom is -0.366 e. The maximum Gasteiger partial charge on any atom is 0.272 e. The van der Waals surface area contributed by atoms with Crippen molar-refractivity contribution >= 4 is 28.4 Å². The van der Waals surface area contributed by atoms with E-state index in [1.54, 1.807) is 24.3 Å². The molecule has 1 heterocycles. The second kappa shape index (κ2) is 7.04. The van der Waals surface area contributed by atoms with Crippen molar-refractivity contribution in [3.8, 4) is 0 Å². The lowest BCUT2D eigenvalue weighted by atomic mass is 10.1. The van der Waals surface area contributed by atoms with Crippen molar-refractivity contribution in [3.63, 3.8) is 0 Å². The average molecular weight is 349 g/mol. The molecule has 0 aliphatic rings. The van der Waals surface area contributed by atoms with E-state index in [1.165, 1.54) is 5.56 Å². The molecule has 3 aromatic rings. The highest BCUT2D eigenvalue weighted by atomic mass is 16.2. The van der Waals surface area contributed by atoms with Crippen molar-refractivity contribution in [2.75, 3.05) is 5.32 Å². The number of rotatable bonds is 5. The number of aryl methyl sites for hydroxylation is 3. The predicted molar refractivity (Wildman–Crippen MR) is 105 cm³/mol. The van der Waals surface area contributed by atoms with E-state index in [0.717, 1.165) is 22.9 Å². The maximum absolute atomic E-state index is 12.9. The van der Waals surface area contributed by atoms with Crippen molar-refractivity contribution in [2.24, 2.45) is 5.73 Å². The Morgan fingerprint density at radius 1 is 1.08 bits per heavy atom. The summed E-state index contributed by atoms with van der Waals surface area (Å²) in [6.45, 7) is 6.85. The van der Waals surface area contributed by atoms with E-state index in [2.05, 4.69) is 30.4 Å². The van der Waals surface area contributed by atoms with Crippen LogP contribution < -0.4 is 11.1 Å². The Labute approximate surface area is 152 Å². The van der Waals surface area contributed by atoms with Crippen molar-refractivity contribution in [1.29, 1.82) is 0 Å². The molecule has 0 radical (unpaired) electrons. The number of carbonyl (C=O) groups excluding carboxylic acids is 2. The number of amides is 2. The summed E-state index contributed by atoms with van der Waals surface area (Å²) >= 11 is 0. The molecule has 0 unspecified atom stereocenters. The molecule has 3 N–H and O–H groups in total. The second-order valence-corrected chi connectivity index (χ2v) is 6.32. The van der Waals surface area contributed by atoms with E-state index in [9.17, 15) is 9.59 Å². The number of aromatic nitrogens is 1. The summed E-state index contributed by atoms with van der Waals surface area (Å²) in [6.07, 6.45) is 0.959. The summed E-state index contributed by atoms with van der Waals surface area (Å²) in [5, 5.41) is 4.03. The molecule has 0 aliphatic carbocycles. The van der Waals surface area contributed by atoms with Crippen molar-refractivity contribution < 1.29 is 9.59 Å². The van der Waals surface area contributed by atoms with Crippen LogP contribution in [-0.4, -0.2) is 16.4 Å². The summed E-state index contributed by atoms with van der Waals surface area (Å²) in [4.78, 5) is 24.1. The largest absolute Gasteiger partial charge is 0.366 e. The number of nitrogens with one attached hydrogen (secondary N) is 1. The van der Waals surface area contributed by atoms with Gasteiger partial charge in [0.15, 0.2) is 0 Å². The zero-order valence-corrected chi connectivity index (χ0v) is 15.3. The molecule has 0 fully saturated rings. The third-order valence-electron chi connectivity index (χ3n) is 4.75. The van der Waals surface area contributed by atoms with Gasteiger partial charge in [-0.05, 0) is 67.8 Å². The van der Waals surface area contributed by atoms with Crippen molar-refractivity contribution in [2.45, 2.75) is 33.7 Å². The normalized spacial score (nSPS) is 10.9. The molecule has 5 nitrogen and oxygen atoms in total. The Balaban J connectivity index is 1.99. The van der Waals surface area contributed by atoms with Gasteiger partial charge in [-0.2, -0.15) is 0 Å². The van der Waals surface area contributed by atoms with Crippen molar-refractivity contribution in [1.82, 2.24) is 4.57 Å². The van der Waals surface area contributed by atoms with Gasteiger partial charge >= 0.3 is 0 Å². The highest BCUT2D eigenvalue weighted by Crippen LogP contribution is 2.28. The smallest absolute Gasteiger partial charge is 0.272 e. The Morgan fingerprint density at radius 2 is 1.77 bits per heavy atom. The monoisotopic (exact) mass is 349 g/mol. The van der Waals surface area contributed by atoms with E-state index >= 15 is 0 Å². The Bertz CT molecular complexity index is 985. The fraction of sp³-hybridized carbons (Fsp3) is 0.238. The summed E-state index contributed by atoms with van der Waals surface area (Å²) in [7, 11) is 0. The lowest BCUT2D eigenvalue weighted by molar-refractivity contribution is 0.0997. The Kier molecular flexibility index (Phi) is 4.80. The molecule has 0 saturated heterocycles. The molecule has 26 heavy (non-hydrogen) atoms. The zero-order valence-electron chi connectivity index (χ0n) is 15.3. The molecule has 0 saturated carbocycles. The second-order valence-electron chi connectivity index (χ2n) is 6.32. The van der Waals surface area contributed by atoms with Gasteiger partial charge in [0, 0.05) is 28.7 Å². The number of hydrogen-bond donors (Lipinski definition) is 2. The van der Waals surface area contributed by atoms with Gasteiger partial charge in [0.2, 0.25) is 5.91 Å². The molecule has 2 aromatic carbocycles. The fourth-order valence-electron chi connectivity index (χ4n) is 3.32. The first-order chi connectivity index (χ1) is 12.5. The van der Waals surface area contributed by atoms with Gasteiger partial charge in [-0.15, -0.1) is 0 Å². The van der Waals surface area contributed by atoms with Crippen LogP contribution in [0.4, 0.5) is 5.69 Å². The van der Waals surface area contributed by atoms with Gasteiger partial charge in [0.1, 0.15) is 5.69 Å². The van der Waals surface area contributed by atoms with Crippen LogP contribution in [0.25, 0.3) is 10.9 Å². The summed E-state index contributed by atoms with van der Waals surface area (Å²) < 4.78 is 2.04. The number of nitrogens with two attached hydrogens (primary N) is 1. The molecule has 0 spiro atoms. The van der Waals surface area contributed by atoms with Crippen LogP contribution in [0.5, 0.6) is 0 Å². The summed E-state index contributed by atoms with van der Waals surface area (Å²) in [6, 6.07) is 12.9. The number of hydrogen-bond acceptors (Lipinski definition) is 2. The van der Waals surface area contributed by atoms with Gasteiger partial charge in [-0.25, -0.2) is 0 Å². The SMILES string of the molecule is CCc1ccc2c(c1)c(C)c(C(=O)Nc1ccc(C(N)=O)cc1)n2CC. The van der Waals surface area contributed by atoms with Gasteiger partial charge in [0.25, 0.3) is 5.91 Å². The lowest BCUT2D eigenvalue weighted by Gasteiger charge is -2.10. The third kappa shape index (κ3) is 3.08. The highest BCUT2D eigenvalue weighted by molar-refractivity contribution is 6.08. The number of anilines is 1. The molecule has 1 aromatic heterocycles. The molecular weight excluding hydrogens is 326 g/mol. The standard InChI is InChI=1S/C21H23N3O2/c1-4-14-6-11-18-17(12-14)13(3)19(24(18)5-2)21(26)23-16-9-7-15(8-10-16)20(22)25/h6-12H,4-5H2,1-3H3,(H2,22,25)(H,23,26). The van der Waals surface area contributed by atoms with E-state index in [1.807, 2.05) is 18.4 Å². The van der Waals surface area contributed by atoms with Gasteiger partial charge in [-0.3, -0.25) is 9.59 Å². The molecular formula is C21H23N3O2. The molecule has 3 rings (SSSR count). The van der Waals surface area contributed by atoms with Crippen LogP contribution >= 0.6 is 0 Å². The number of fused-ring (bicyclic) bond motifs is 1. The topological polar surface area (TPSA) is 77.1 Å². The molecule has 0 atom stereocenters. The van der Waals surface area contributed by atoms with E-state index in [-0.39, 0.29) is 5.91 Å². The van der Waals surface area contributed by atoms with E-state index in [0.29, 0.717) is 23.5 Å². The van der Waals surface area contributed by atoms with Gasteiger partial charge in [-0.1, -0.05) is 13.0 Å². The maximum atomic E-state index is 12.9. The summed E-state index contributed by atoms with van der Waals surface area (Å²) in [5.41, 5.74) is 10.2. The number of primary amides is 1. The van der Waals surface area contributed by atoms with Gasteiger partial charge in [0.05, 0.1) is 0 Å². The first-order valence-electron chi connectivity index (χ1n) is 8.79. The number of carbonyl (C=O) groups is 2. The van der Waals surface area contributed by atoms with Crippen LogP contribution in [0.3, 0.4) is 0 Å². The van der Waals surface area contributed by atoms with E-state index in [4.69, 9.17) is 5.73 Å². The predicted octanol–water partition coefficient (Wildman–Crippen LogP) is 3.88. The minimum absolute atomic E-state index is 0.162. The molecule has 0 bridgehead atoms. The third-order valence-corrected chi connectivity index (χ3v) is 4.75. The minimum atomic E-state index is -0.489. The van der Waals surface area contributed by atoms with E-state index < -0.39 is 5.91 Å². The molecule has 2 amide bonds. The zero-order chi connectivity index (χ0) is 18.8. The molecule has 0 aliphatic heterocycles. The fourth-order valence-corrected chi connectivity index (χ4v) is 3.32. The van der Waals surface area contributed by atoms with Crippen LogP contribution in [0.15, 0.2) is 42.5 Å². The first-order valence-corrected chi connectivity index (χ1v) is 8.79. The van der Waals surface area contributed by atoms with Crippen LogP contribution in [0, 0.1) is 6.92 Å². The quantitative estimate of drug-likeness (QED) is 0.733. The van der Waals surface area contributed by atoms with Crippen LogP contribution in [0.2, 0.25) is 0 Å². The Morgan fingerprint density at radius 3 is 2.35 bits per heavy atom. The van der Waals surface area contributed by atoms with Crippen LogP contribution in [-0.2, 0) is 13.0 Å². The summed E-state index contributed by atoms with van der Waals surface area (Å²) in [5.74, 6) is -0.651. The van der Waals surface area contributed by atoms with Crippen molar-refractivity contribution in [3.05, 3.63) is 64.8 Å². The number of benzene rings is 2. The number of nitrogens with zero attached hydrogens (tertiary/aromatic N) is 1. The van der Waals surface area contributed by atoms with Gasteiger partial charge < -0.3 is 15.6 Å². The highest BCUT2D eigenvalue weighted by Gasteiger charge is 2.20. The van der Waals surface area contributed by atoms with Crippen LogP contribution in [0.1, 0.15) is 45.8 Å².